The molecule has 2 rings (SSSR count). The highest BCUT2D eigenvalue weighted by Gasteiger charge is 2.11. The molecule has 1 aromatic heterocycles. The van der Waals surface area contributed by atoms with Gasteiger partial charge in [0.1, 0.15) is 11.3 Å². The van der Waals surface area contributed by atoms with Crippen LogP contribution >= 0.6 is 15.9 Å². The predicted molar refractivity (Wildman–Crippen MR) is 66.3 cm³/mol. The van der Waals surface area contributed by atoms with Crippen molar-refractivity contribution in [3.8, 4) is 5.75 Å². The van der Waals surface area contributed by atoms with Gasteiger partial charge in [-0.2, -0.15) is 0 Å². The van der Waals surface area contributed by atoms with Crippen LogP contribution in [0, 0.1) is 13.8 Å². The van der Waals surface area contributed by atoms with E-state index in [0.717, 1.165) is 16.5 Å². The van der Waals surface area contributed by atoms with E-state index in [0.29, 0.717) is 16.5 Å². The number of aromatic hydroxyl groups is 1. The summed E-state index contributed by atoms with van der Waals surface area (Å²) in [7, 11) is 0. The first-order valence-corrected chi connectivity index (χ1v) is 5.98. The fourth-order valence-electron chi connectivity index (χ4n) is 1.67. The highest BCUT2D eigenvalue weighted by Crippen LogP contribution is 2.28. The first kappa shape index (κ1) is 11.2. The van der Waals surface area contributed by atoms with E-state index in [2.05, 4.69) is 15.9 Å². The van der Waals surface area contributed by atoms with Crippen molar-refractivity contribution < 1.29 is 9.52 Å². The Morgan fingerprint density at radius 3 is 2.69 bits per heavy atom. The largest absolute Gasteiger partial charge is 0.508 e. The SMILES string of the molecule is Cc1cc2c(CBr)c(C)c(=O)oc2cc1O. The van der Waals surface area contributed by atoms with Crippen LogP contribution in [0.25, 0.3) is 11.0 Å². The number of aryl methyl sites for hydroxylation is 1. The van der Waals surface area contributed by atoms with Gasteiger partial charge in [0.25, 0.3) is 0 Å². The lowest BCUT2D eigenvalue weighted by molar-refractivity contribution is 0.468. The van der Waals surface area contributed by atoms with Crippen LogP contribution < -0.4 is 5.63 Å². The van der Waals surface area contributed by atoms with E-state index in [1.807, 2.05) is 13.0 Å². The summed E-state index contributed by atoms with van der Waals surface area (Å²) in [5.74, 6) is 0.139. The second-order valence-corrected chi connectivity index (χ2v) is 4.32. The second kappa shape index (κ2) is 3.94. The fourth-order valence-corrected chi connectivity index (χ4v) is 2.39. The van der Waals surface area contributed by atoms with E-state index < -0.39 is 0 Å². The molecule has 1 heterocycles. The van der Waals surface area contributed by atoms with Crippen LogP contribution in [0.1, 0.15) is 16.7 Å². The standard InChI is InChI=1S/C12H11BrO3/c1-6-3-8-9(5-13)7(2)12(15)16-11(8)4-10(6)14/h3-4,14H,5H2,1-2H3. The van der Waals surface area contributed by atoms with Crippen LogP contribution in [0.3, 0.4) is 0 Å². The van der Waals surface area contributed by atoms with Crippen molar-refractivity contribution in [1.29, 1.82) is 0 Å². The molecule has 1 N–H and O–H groups in total. The number of rotatable bonds is 1. The van der Waals surface area contributed by atoms with Crippen LogP contribution in [0.4, 0.5) is 0 Å². The number of alkyl halides is 1. The van der Waals surface area contributed by atoms with Gasteiger partial charge in [-0.05, 0) is 31.0 Å². The summed E-state index contributed by atoms with van der Waals surface area (Å²) in [6, 6.07) is 3.31. The molecule has 0 amide bonds. The highest BCUT2D eigenvalue weighted by atomic mass is 79.9. The maximum Gasteiger partial charge on any atom is 0.339 e. The van der Waals surface area contributed by atoms with Gasteiger partial charge in [0, 0.05) is 22.3 Å². The summed E-state index contributed by atoms with van der Waals surface area (Å²) < 4.78 is 5.13. The van der Waals surface area contributed by atoms with Crippen molar-refractivity contribution in [3.63, 3.8) is 0 Å². The zero-order valence-corrected chi connectivity index (χ0v) is 10.6. The average Bonchev–Trinajstić information content (AvgIpc) is 2.24. The van der Waals surface area contributed by atoms with Crippen molar-refractivity contribution in [3.05, 3.63) is 39.2 Å². The van der Waals surface area contributed by atoms with E-state index in [1.165, 1.54) is 6.07 Å². The Bertz CT molecular complexity index is 614. The van der Waals surface area contributed by atoms with E-state index >= 15 is 0 Å². The second-order valence-electron chi connectivity index (χ2n) is 3.76. The lowest BCUT2D eigenvalue weighted by Gasteiger charge is -2.07. The van der Waals surface area contributed by atoms with Gasteiger partial charge in [-0.25, -0.2) is 4.79 Å². The quantitative estimate of drug-likeness (QED) is 0.646. The first-order valence-electron chi connectivity index (χ1n) is 4.86. The first-order chi connectivity index (χ1) is 7.54. The molecule has 0 bridgehead atoms. The van der Waals surface area contributed by atoms with Gasteiger partial charge < -0.3 is 9.52 Å². The molecule has 4 heteroatoms. The third kappa shape index (κ3) is 1.63. The number of hydrogen-bond acceptors (Lipinski definition) is 3. The lowest BCUT2D eigenvalue weighted by Crippen LogP contribution is -2.07. The maximum absolute atomic E-state index is 11.5. The Morgan fingerprint density at radius 2 is 2.06 bits per heavy atom. The normalized spacial score (nSPS) is 10.9. The van der Waals surface area contributed by atoms with E-state index in [-0.39, 0.29) is 11.4 Å². The third-order valence-corrected chi connectivity index (χ3v) is 3.28. The molecule has 0 fully saturated rings. The molecular formula is C12H11BrO3. The molecule has 2 aromatic rings. The number of hydrogen-bond donors (Lipinski definition) is 1. The number of benzene rings is 1. The van der Waals surface area contributed by atoms with Crippen molar-refractivity contribution in [2.75, 3.05) is 0 Å². The molecule has 3 nitrogen and oxygen atoms in total. The Kier molecular flexibility index (Phi) is 2.76. The van der Waals surface area contributed by atoms with Crippen LogP contribution in [0.5, 0.6) is 5.75 Å². The summed E-state index contributed by atoms with van der Waals surface area (Å²) in [4.78, 5) is 11.5. The van der Waals surface area contributed by atoms with Gasteiger partial charge in [-0.1, -0.05) is 15.9 Å². The van der Waals surface area contributed by atoms with Crippen molar-refractivity contribution in [2.24, 2.45) is 0 Å². The minimum Gasteiger partial charge on any atom is -0.508 e. The molecule has 0 spiro atoms. The molecule has 0 unspecified atom stereocenters. The van der Waals surface area contributed by atoms with Crippen molar-refractivity contribution in [1.82, 2.24) is 0 Å². The third-order valence-electron chi connectivity index (χ3n) is 2.72. The summed E-state index contributed by atoms with van der Waals surface area (Å²) in [5.41, 5.74) is 2.35. The molecule has 0 saturated carbocycles. The molecule has 0 aliphatic heterocycles. The fraction of sp³-hybridized carbons (Fsp3) is 0.250. The Hall–Kier alpha value is -1.29. The zero-order chi connectivity index (χ0) is 11.9. The molecule has 16 heavy (non-hydrogen) atoms. The molecule has 1 aromatic carbocycles. The Balaban J connectivity index is 2.97. The summed E-state index contributed by atoms with van der Waals surface area (Å²) in [6.07, 6.45) is 0. The number of phenols is 1. The van der Waals surface area contributed by atoms with Gasteiger partial charge in [0.15, 0.2) is 0 Å². The minimum absolute atomic E-state index is 0.139. The van der Waals surface area contributed by atoms with Crippen molar-refractivity contribution >= 4 is 26.9 Å². The molecule has 0 saturated heterocycles. The van der Waals surface area contributed by atoms with Gasteiger partial charge in [-0.3, -0.25) is 0 Å². The Morgan fingerprint density at radius 1 is 1.38 bits per heavy atom. The van der Waals surface area contributed by atoms with E-state index in [1.54, 1.807) is 6.92 Å². The minimum atomic E-state index is -0.356. The average molecular weight is 283 g/mol. The molecule has 0 atom stereocenters. The summed E-state index contributed by atoms with van der Waals surface area (Å²) >= 11 is 3.36. The molecule has 84 valence electrons. The smallest absolute Gasteiger partial charge is 0.339 e. The van der Waals surface area contributed by atoms with Crippen LogP contribution in [-0.4, -0.2) is 5.11 Å². The van der Waals surface area contributed by atoms with E-state index in [4.69, 9.17) is 4.42 Å². The van der Waals surface area contributed by atoms with Gasteiger partial charge >= 0.3 is 5.63 Å². The number of phenolic OH excluding ortho intramolecular Hbond substituents is 1. The molecule has 0 radical (unpaired) electrons. The summed E-state index contributed by atoms with van der Waals surface area (Å²) in [6.45, 7) is 3.55. The molecule has 0 aliphatic rings. The van der Waals surface area contributed by atoms with Gasteiger partial charge in [-0.15, -0.1) is 0 Å². The van der Waals surface area contributed by atoms with Crippen LogP contribution in [0.2, 0.25) is 0 Å². The lowest BCUT2D eigenvalue weighted by atomic mass is 10.0. The number of halogens is 1. The number of fused-ring (bicyclic) bond motifs is 1. The molecular weight excluding hydrogens is 272 g/mol. The maximum atomic E-state index is 11.5. The van der Waals surface area contributed by atoms with Gasteiger partial charge in [0.05, 0.1) is 0 Å². The van der Waals surface area contributed by atoms with Crippen LogP contribution in [0.15, 0.2) is 21.3 Å². The molecule has 0 aliphatic carbocycles. The van der Waals surface area contributed by atoms with Gasteiger partial charge in [0.2, 0.25) is 0 Å². The summed E-state index contributed by atoms with van der Waals surface area (Å²) in [5, 5.41) is 11.0. The topological polar surface area (TPSA) is 50.4 Å². The zero-order valence-electron chi connectivity index (χ0n) is 9.00. The van der Waals surface area contributed by atoms with Crippen molar-refractivity contribution in [2.45, 2.75) is 19.2 Å². The predicted octanol–water partition coefficient (Wildman–Crippen LogP) is 3.01. The highest BCUT2D eigenvalue weighted by molar-refractivity contribution is 9.08. The van der Waals surface area contributed by atoms with E-state index in [9.17, 15) is 9.90 Å². The Labute approximate surface area is 101 Å². The monoisotopic (exact) mass is 282 g/mol. The van der Waals surface area contributed by atoms with Crippen LogP contribution in [-0.2, 0) is 5.33 Å².